The number of ether oxygens (including phenoxy) is 1. The first-order valence-corrected chi connectivity index (χ1v) is 6.27. The van der Waals surface area contributed by atoms with Gasteiger partial charge in [-0.3, -0.25) is 0 Å². The molecule has 0 bridgehead atoms. The Morgan fingerprint density at radius 3 is 2.75 bits per heavy atom. The molecule has 2 rings (SSSR count). The van der Waals surface area contributed by atoms with Crippen molar-refractivity contribution in [2.24, 2.45) is 5.92 Å². The Hall–Kier alpha value is -0.580. The van der Waals surface area contributed by atoms with E-state index in [2.05, 4.69) is 32.6 Å². The average Bonchev–Trinajstić information content (AvgIpc) is 2.23. The van der Waals surface area contributed by atoms with Crippen LogP contribution in [0.4, 0.5) is 0 Å². The molecule has 1 aromatic carbocycles. The molecular formula is C12H17BrN2O. The number of rotatable bonds is 4. The molecule has 4 heteroatoms. The van der Waals surface area contributed by atoms with Crippen molar-refractivity contribution in [3.05, 3.63) is 28.2 Å². The Balaban J connectivity index is 2.31. The summed E-state index contributed by atoms with van der Waals surface area (Å²) in [6.45, 7) is 2.14. The summed E-state index contributed by atoms with van der Waals surface area (Å²) in [5.74, 6) is 1.60. The van der Waals surface area contributed by atoms with Gasteiger partial charge in [0, 0.05) is 35.1 Å². The van der Waals surface area contributed by atoms with Crippen molar-refractivity contribution in [1.29, 1.82) is 0 Å². The molecule has 0 aromatic heterocycles. The van der Waals surface area contributed by atoms with Crippen molar-refractivity contribution >= 4 is 15.9 Å². The summed E-state index contributed by atoms with van der Waals surface area (Å²) in [5, 5.41) is 6.69. The zero-order valence-electron chi connectivity index (χ0n) is 9.59. The third-order valence-corrected chi connectivity index (χ3v) is 3.62. The normalized spacial score (nSPS) is 17.9. The molecule has 1 atom stereocenters. The van der Waals surface area contributed by atoms with E-state index in [-0.39, 0.29) is 0 Å². The van der Waals surface area contributed by atoms with E-state index in [4.69, 9.17) is 4.74 Å². The largest absolute Gasteiger partial charge is 0.496 e. The van der Waals surface area contributed by atoms with Crippen LogP contribution in [0, 0.1) is 5.92 Å². The zero-order valence-corrected chi connectivity index (χ0v) is 11.2. The highest BCUT2D eigenvalue weighted by Gasteiger charge is 2.29. The topological polar surface area (TPSA) is 33.3 Å². The molecular weight excluding hydrogens is 268 g/mol. The van der Waals surface area contributed by atoms with Gasteiger partial charge in [0.1, 0.15) is 5.75 Å². The van der Waals surface area contributed by atoms with Crippen LogP contribution in [0.5, 0.6) is 5.75 Å². The van der Waals surface area contributed by atoms with Gasteiger partial charge in [0.05, 0.1) is 7.11 Å². The van der Waals surface area contributed by atoms with E-state index < -0.39 is 0 Å². The lowest BCUT2D eigenvalue weighted by Crippen LogP contribution is -2.48. The van der Waals surface area contributed by atoms with Gasteiger partial charge in [-0.15, -0.1) is 0 Å². The van der Waals surface area contributed by atoms with Crippen LogP contribution in [0.1, 0.15) is 11.6 Å². The Morgan fingerprint density at radius 1 is 1.50 bits per heavy atom. The number of hydrogen-bond donors (Lipinski definition) is 2. The Labute approximate surface area is 105 Å². The minimum Gasteiger partial charge on any atom is -0.496 e. The van der Waals surface area contributed by atoms with E-state index >= 15 is 0 Å². The van der Waals surface area contributed by atoms with Crippen molar-refractivity contribution in [1.82, 2.24) is 10.6 Å². The fourth-order valence-electron chi connectivity index (χ4n) is 2.14. The van der Waals surface area contributed by atoms with Gasteiger partial charge in [0.2, 0.25) is 0 Å². The second kappa shape index (κ2) is 5.17. The van der Waals surface area contributed by atoms with Gasteiger partial charge < -0.3 is 15.4 Å². The number of methoxy groups -OCH3 is 1. The summed E-state index contributed by atoms with van der Waals surface area (Å²) < 4.78 is 6.51. The number of halogens is 1. The quantitative estimate of drug-likeness (QED) is 0.887. The lowest BCUT2D eigenvalue weighted by atomic mass is 9.88. The van der Waals surface area contributed by atoms with E-state index in [1.165, 1.54) is 5.56 Å². The first-order chi connectivity index (χ1) is 7.76. The summed E-state index contributed by atoms with van der Waals surface area (Å²) in [6.07, 6.45) is 0. The molecule has 1 aromatic rings. The van der Waals surface area contributed by atoms with Crippen LogP contribution < -0.4 is 15.4 Å². The van der Waals surface area contributed by atoms with Gasteiger partial charge in [-0.2, -0.15) is 0 Å². The molecule has 1 unspecified atom stereocenters. The molecule has 2 N–H and O–H groups in total. The van der Waals surface area contributed by atoms with Crippen molar-refractivity contribution in [3.8, 4) is 5.75 Å². The molecule has 3 nitrogen and oxygen atoms in total. The van der Waals surface area contributed by atoms with Crippen molar-refractivity contribution in [2.45, 2.75) is 6.04 Å². The summed E-state index contributed by atoms with van der Waals surface area (Å²) in [7, 11) is 3.72. The van der Waals surface area contributed by atoms with Crippen molar-refractivity contribution in [3.63, 3.8) is 0 Å². The molecule has 16 heavy (non-hydrogen) atoms. The summed E-state index contributed by atoms with van der Waals surface area (Å²) in [5.41, 5.74) is 1.23. The monoisotopic (exact) mass is 284 g/mol. The number of nitrogens with one attached hydrogen (secondary N) is 2. The first kappa shape index (κ1) is 11.9. The average molecular weight is 285 g/mol. The second-order valence-corrected chi connectivity index (χ2v) is 4.99. The summed E-state index contributed by atoms with van der Waals surface area (Å²) in [6, 6.07) is 6.51. The Morgan fingerprint density at radius 2 is 2.25 bits per heavy atom. The van der Waals surface area contributed by atoms with Crippen LogP contribution in [0.15, 0.2) is 22.7 Å². The van der Waals surface area contributed by atoms with Crippen LogP contribution >= 0.6 is 15.9 Å². The third kappa shape index (κ3) is 2.24. The minimum absolute atomic E-state index is 0.355. The molecule has 0 amide bonds. The molecule has 1 fully saturated rings. The molecule has 0 aliphatic carbocycles. The molecule has 0 spiro atoms. The maximum Gasteiger partial charge on any atom is 0.123 e. The molecule has 88 valence electrons. The van der Waals surface area contributed by atoms with E-state index in [1.807, 2.05) is 19.2 Å². The lowest BCUT2D eigenvalue weighted by Gasteiger charge is -2.35. The number of benzene rings is 1. The van der Waals surface area contributed by atoms with E-state index in [0.717, 1.165) is 23.3 Å². The van der Waals surface area contributed by atoms with Gasteiger partial charge in [-0.1, -0.05) is 15.9 Å². The zero-order chi connectivity index (χ0) is 11.5. The standard InChI is InChI=1S/C12H17BrN2O/c1-14-12(8-6-15-7-8)10-5-9(13)3-4-11(10)16-2/h3-5,8,12,14-15H,6-7H2,1-2H3. The smallest absolute Gasteiger partial charge is 0.123 e. The fraction of sp³-hybridized carbons (Fsp3) is 0.500. The molecule has 1 aliphatic rings. The maximum atomic E-state index is 5.42. The van der Waals surface area contributed by atoms with E-state index in [1.54, 1.807) is 7.11 Å². The minimum atomic E-state index is 0.355. The highest BCUT2D eigenvalue weighted by molar-refractivity contribution is 9.10. The van der Waals surface area contributed by atoms with Crippen LogP contribution in [0.3, 0.4) is 0 Å². The molecule has 1 saturated heterocycles. The summed E-state index contributed by atoms with van der Waals surface area (Å²) in [4.78, 5) is 0. The number of hydrogen-bond acceptors (Lipinski definition) is 3. The van der Waals surface area contributed by atoms with Gasteiger partial charge in [-0.25, -0.2) is 0 Å². The van der Waals surface area contributed by atoms with E-state index in [9.17, 15) is 0 Å². The molecule has 1 heterocycles. The van der Waals surface area contributed by atoms with Gasteiger partial charge in [0.15, 0.2) is 0 Å². The van der Waals surface area contributed by atoms with Crippen molar-refractivity contribution in [2.75, 3.05) is 27.2 Å². The maximum absolute atomic E-state index is 5.42. The highest BCUT2D eigenvalue weighted by atomic mass is 79.9. The van der Waals surface area contributed by atoms with Crippen LogP contribution in [-0.2, 0) is 0 Å². The molecule has 1 aliphatic heterocycles. The van der Waals surface area contributed by atoms with Crippen LogP contribution in [0.2, 0.25) is 0 Å². The fourth-order valence-corrected chi connectivity index (χ4v) is 2.52. The summed E-state index contributed by atoms with van der Waals surface area (Å²) >= 11 is 3.51. The Bertz CT molecular complexity index is 366. The predicted octanol–water partition coefficient (Wildman–Crippen LogP) is 1.94. The van der Waals surface area contributed by atoms with Crippen molar-refractivity contribution < 1.29 is 4.74 Å². The lowest BCUT2D eigenvalue weighted by molar-refractivity contribution is 0.262. The van der Waals surface area contributed by atoms with Gasteiger partial charge in [0.25, 0.3) is 0 Å². The predicted molar refractivity (Wildman–Crippen MR) is 68.9 cm³/mol. The molecule has 0 saturated carbocycles. The van der Waals surface area contributed by atoms with Gasteiger partial charge >= 0.3 is 0 Å². The first-order valence-electron chi connectivity index (χ1n) is 5.47. The van der Waals surface area contributed by atoms with E-state index in [0.29, 0.717) is 12.0 Å². The van der Waals surface area contributed by atoms with Crippen LogP contribution in [0.25, 0.3) is 0 Å². The van der Waals surface area contributed by atoms with Crippen LogP contribution in [-0.4, -0.2) is 27.2 Å². The molecule has 0 radical (unpaired) electrons. The van der Waals surface area contributed by atoms with Gasteiger partial charge in [-0.05, 0) is 25.2 Å². The Kier molecular flexibility index (Phi) is 3.84. The third-order valence-electron chi connectivity index (χ3n) is 3.12. The highest BCUT2D eigenvalue weighted by Crippen LogP contribution is 2.33. The SMILES string of the molecule is CNC(c1cc(Br)ccc1OC)C1CNC1. The second-order valence-electron chi connectivity index (χ2n) is 4.07.